The summed E-state index contributed by atoms with van der Waals surface area (Å²) in [5, 5.41) is 3.77. The normalized spacial score (nSPS) is 14.9. The second-order valence-corrected chi connectivity index (χ2v) is 8.61. The van der Waals surface area contributed by atoms with Crippen LogP contribution in [0.5, 0.6) is 11.5 Å². The van der Waals surface area contributed by atoms with Crippen molar-refractivity contribution in [1.29, 1.82) is 0 Å². The SMILES string of the molecule is CCc1cc(Br)ccc1NC(=O)COC(=O)[C@H]1CC(=O)N(NC(=O)c2c(OC)cccc2OC)C1. The van der Waals surface area contributed by atoms with E-state index >= 15 is 0 Å². The largest absolute Gasteiger partial charge is 0.496 e. The van der Waals surface area contributed by atoms with Gasteiger partial charge in [0.15, 0.2) is 6.61 Å². The molecule has 2 aromatic rings. The molecule has 1 aliphatic rings. The molecule has 0 spiro atoms. The van der Waals surface area contributed by atoms with Gasteiger partial charge in [0.1, 0.15) is 17.1 Å². The minimum absolute atomic E-state index is 0.0881. The number of hydrogen-bond acceptors (Lipinski definition) is 7. The average Bonchev–Trinajstić information content (AvgIpc) is 3.22. The number of amides is 3. The van der Waals surface area contributed by atoms with Gasteiger partial charge in [-0.05, 0) is 42.3 Å². The molecular weight excluding hydrogens is 522 g/mol. The quantitative estimate of drug-likeness (QED) is 0.462. The minimum Gasteiger partial charge on any atom is -0.496 e. The summed E-state index contributed by atoms with van der Waals surface area (Å²) in [5.74, 6) is -2.56. The van der Waals surface area contributed by atoms with Crippen LogP contribution in [0.2, 0.25) is 0 Å². The van der Waals surface area contributed by atoms with E-state index in [1.54, 1.807) is 30.3 Å². The number of nitrogens with zero attached hydrogens (tertiary/aromatic N) is 1. The lowest BCUT2D eigenvalue weighted by Gasteiger charge is -2.19. The smallest absolute Gasteiger partial charge is 0.311 e. The summed E-state index contributed by atoms with van der Waals surface area (Å²) in [4.78, 5) is 50.0. The third-order valence-corrected chi connectivity index (χ3v) is 5.91. The van der Waals surface area contributed by atoms with Gasteiger partial charge in [0.05, 0.1) is 26.7 Å². The summed E-state index contributed by atoms with van der Waals surface area (Å²) < 4.78 is 16.5. The number of halogens is 1. The first-order valence-electron chi connectivity index (χ1n) is 10.8. The van der Waals surface area contributed by atoms with Crippen molar-refractivity contribution in [1.82, 2.24) is 10.4 Å². The van der Waals surface area contributed by atoms with Crippen LogP contribution in [-0.2, 0) is 25.5 Å². The van der Waals surface area contributed by atoms with Gasteiger partial charge in [0.25, 0.3) is 11.8 Å². The van der Waals surface area contributed by atoms with Crippen LogP contribution in [0.1, 0.15) is 29.3 Å². The summed E-state index contributed by atoms with van der Waals surface area (Å²) in [6.07, 6.45) is 0.553. The second kappa shape index (κ2) is 11.7. The summed E-state index contributed by atoms with van der Waals surface area (Å²) >= 11 is 3.39. The van der Waals surface area contributed by atoms with E-state index in [1.165, 1.54) is 14.2 Å². The van der Waals surface area contributed by atoms with Crippen LogP contribution in [0, 0.1) is 5.92 Å². The van der Waals surface area contributed by atoms with Gasteiger partial charge in [-0.25, -0.2) is 0 Å². The zero-order valence-electron chi connectivity index (χ0n) is 19.6. The van der Waals surface area contributed by atoms with Crippen LogP contribution < -0.4 is 20.2 Å². The number of benzene rings is 2. The molecule has 0 radical (unpaired) electrons. The van der Waals surface area contributed by atoms with E-state index in [0.29, 0.717) is 12.1 Å². The molecule has 1 fully saturated rings. The highest BCUT2D eigenvalue weighted by molar-refractivity contribution is 9.10. The molecule has 0 unspecified atom stereocenters. The third kappa shape index (κ3) is 6.30. The lowest BCUT2D eigenvalue weighted by Crippen LogP contribution is -2.43. The number of rotatable bonds is 9. The monoisotopic (exact) mass is 547 g/mol. The van der Waals surface area contributed by atoms with Crippen LogP contribution in [0.25, 0.3) is 0 Å². The number of nitrogens with one attached hydrogen (secondary N) is 2. The molecule has 2 aromatic carbocycles. The van der Waals surface area contributed by atoms with Crippen molar-refractivity contribution >= 4 is 45.3 Å². The van der Waals surface area contributed by atoms with Crippen molar-refractivity contribution in [2.75, 3.05) is 32.7 Å². The fraction of sp³-hybridized carbons (Fsp3) is 0.333. The molecule has 2 N–H and O–H groups in total. The van der Waals surface area contributed by atoms with Crippen molar-refractivity contribution in [2.24, 2.45) is 5.92 Å². The number of hydrazine groups is 1. The number of carbonyl (C=O) groups is 4. The van der Waals surface area contributed by atoms with E-state index in [-0.39, 0.29) is 30.0 Å². The summed E-state index contributed by atoms with van der Waals surface area (Å²) in [6.45, 7) is 1.38. The summed E-state index contributed by atoms with van der Waals surface area (Å²) in [7, 11) is 2.82. The minimum atomic E-state index is -0.825. The molecule has 3 amide bonds. The van der Waals surface area contributed by atoms with Gasteiger partial charge in [-0.15, -0.1) is 0 Å². The van der Waals surface area contributed by atoms with E-state index in [0.717, 1.165) is 15.0 Å². The molecule has 0 aliphatic carbocycles. The van der Waals surface area contributed by atoms with Crippen molar-refractivity contribution < 1.29 is 33.4 Å². The first-order valence-corrected chi connectivity index (χ1v) is 11.6. The Balaban J connectivity index is 1.56. The Morgan fingerprint density at radius 2 is 1.80 bits per heavy atom. The maximum absolute atomic E-state index is 12.8. The molecule has 1 aliphatic heterocycles. The molecule has 186 valence electrons. The molecule has 0 saturated carbocycles. The molecule has 1 heterocycles. The van der Waals surface area contributed by atoms with E-state index in [4.69, 9.17) is 14.2 Å². The third-order valence-electron chi connectivity index (χ3n) is 5.42. The first-order chi connectivity index (χ1) is 16.8. The number of ether oxygens (including phenoxy) is 3. The Morgan fingerprint density at radius 3 is 2.43 bits per heavy atom. The van der Waals surface area contributed by atoms with Crippen molar-refractivity contribution in [3.8, 4) is 11.5 Å². The topological polar surface area (TPSA) is 123 Å². The first kappa shape index (κ1) is 26.0. The lowest BCUT2D eigenvalue weighted by atomic mass is 10.1. The lowest BCUT2D eigenvalue weighted by molar-refractivity contribution is -0.151. The van der Waals surface area contributed by atoms with Gasteiger partial charge in [0.2, 0.25) is 5.91 Å². The van der Waals surface area contributed by atoms with Gasteiger partial charge in [-0.2, -0.15) is 0 Å². The summed E-state index contributed by atoms with van der Waals surface area (Å²) in [6, 6.07) is 10.3. The molecule has 0 aromatic heterocycles. The van der Waals surface area contributed by atoms with Gasteiger partial charge in [-0.1, -0.05) is 28.9 Å². The Morgan fingerprint density at radius 1 is 1.11 bits per heavy atom. The molecule has 1 saturated heterocycles. The van der Waals surface area contributed by atoms with Crippen molar-refractivity contribution in [2.45, 2.75) is 19.8 Å². The Kier molecular flexibility index (Phi) is 8.69. The Hall–Kier alpha value is -3.60. The van der Waals surface area contributed by atoms with Crippen LogP contribution >= 0.6 is 15.9 Å². The average molecular weight is 548 g/mol. The van der Waals surface area contributed by atoms with Crippen LogP contribution in [0.4, 0.5) is 5.69 Å². The van der Waals surface area contributed by atoms with Gasteiger partial charge in [-0.3, -0.25) is 29.6 Å². The zero-order chi connectivity index (χ0) is 25.5. The molecular formula is C24H26BrN3O7. The Bertz CT molecular complexity index is 1120. The molecule has 3 rings (SSSR count). The van der Waals surface area contributed by atoms with Crippen molar-refractivity contribution in [3.63, 3.8) is 0 Å². The second-order valence-electron chi connectivity index (χ2n) is 7.69. The highest BCUT2D eigenvalue weighted by Gasteiger charge is 2.37. The predicted molar refractivity (Wildman–Crippen MR) is 130 cm³/mol. The van der Waals surface area contributed by atoms with Crippen molar-refractivity contribution in [3.05, 3.63) is 52.0 Å². The van der Waals surface area contributed by atoms with Crippen LogP contribution in [0.3, 0.4) is 0 Å². The predicted octanol–water partition coefficient (Wildman–Crippen LogP) is 2.70. The van der Waals surface area contributed by atoms with Gasteiger partial charge < -0.3 is 19.5 Å². The maximum Gasteiger partial charge on any atom is 0.311 e. The maximum atomic E-state index is 12.8. The Labute approximate surface area is 211 Å². The molecule has 10 nitrogen and oxygen atoms in total. The zero-order valence-corrected chi connectivity index (χ0v) is 21.1. The standard InChI is InChI=1S/C24H26BrN3O7/c1-4-14-10-16(25)8-9-17(14)26-20(29)13-35-24(32)15-11-21(30)28(12-15)27-23(31)22-18(33-2)6-5-7-19(22)34-3/h5-10,15H,4,11-13H2,1-3H3,(H,26,29)(H,27,31)/t15-/m0/s1. The highest BCUT2D eigenvalue weighted by atomic mass is 79.9. The fourth-order valence-corrected chi connectivity index (χ4v) is 4.05. The van der Waals surface area contributed by atoms with Crippen LogP contribution in [0.15, 0.2) is 40.9 Å². The van der Waals surface area contributed by atoms with E-state index in [9.17, 15) is 19.2 Å². The number of carbonyl (C=O) groups excluding carboxylic acids is 4. The van der Waals surface area contributed by atoms with E-state index in [2.05, 4.69) is 26.7 Å². The number of hydrogen-bond donors (Lipinski definition) is 2. The summed E-state index contributed by atoms with van der Waals surface area (Å²) in [5.41, 5.74) is 4.17. The molecule has 11 heteroatoms. The van der Waals surface area contributed by atoms with E-state index in [1.807, 2.05) is 13.0 Å². The molecule has 1 atom stereocenters. The number of anilines is 1. The molecule has 35 heavy (non-hydrogen) atoms. The molecule has 0 bridgehead atoms. The number of esters is 1. The fourth-order valence-electron chi connectivity index (χ4n) is 3.64. The van der Waals surface area contributed by atoms with Gasteiger partial charge in [0, 0.05) is 16.6 Å². The number of methoxy groups -OCH3 is 2. The van der Waals surface area contributed by atoms with E-state index < -0.39 is 36.2 Å². The van der Waals surface area contributed by atoms with Gasteiger partial charge >= 0.3 is 5.97 Å². The number of aryl methyl sites for hydroxylation is 1. The van der Waals surface area contributed by atoms with Crippen LogP contribution in [-0.4, -0.2) is 56.1 Å². The highest BCUT2D eigenvalue weighted by Crippen LogP contribution is 2.28.